The van der Waals surface area contributed by atoms with Crippen molar-refractivity contribution in [2.45, 2.75) is 19.3 Å². The van der Waals surface area contributed by atoms with E-state index in [1.807, 2.05) is 24.3 Å². The molecule has 3 rings (SSSR count). The second-order valence-corrected chi connectivity index (χ2v) is 4.62. The van der Waals surface area contributed by atoms with Gasteiger partial charge >= 0.3 is 0 Å². The van der Waals surface area contributed by atoms with Gasteiger partial charge < -0.3 is 4.98 Å². The Labute approximate surface area is 105 Å². The van der Waals surface area contributed by atoms with Gasteiger partial charge in [-0.1, -0.05) is 24.3 Å². The molecular weight excluding hydrogens is 226 g/mol. The van der Waals surface area contributed by atoms with Crippen LogP contribution in [0.25, 0.3) is 11.0 Å². The zero-order valence-electron chi connectivity index (χ0n) is 10.0. The van der Waals surface area contributed by atoms with Gasteiger partial charge in [-0.3, -0.25) is 10.1 Å². The summed E-state index contributed by atoms with van der Waals surface area (Å²) in [5.41, 5.74) is 1.81. The number of rotatable bonds is 3. The first kappa shape index (κ1) is 11.0. The number of hydrogen-bond acceptors (Lipinski definition) is 2. The minimum atomic E-state index is 0.0191. The number of allylic oxidation sites excluding steroid dienone is 2. The molecule has 2 N–H and O–H groups in total. The molecular formula is C14H15N3O. The van der Waals surface area contributed by atoms with E-state index < -0.39 is 0 Å². The molecule has 92 valence electrons. The second kappa shape index (κ2) is 4.64. The molecule has 1 aromatic heterocycles. The Balaban J connectivity index is 1.68. The van der Waals surface area contributed by atoms with Gasteiger partial charge in [-0.15, -0.1) is 0 Å². The zero-order valence-corrected chi connectivity index (χ0v) is 10.0. The molecule has 0 spiro atoms. The monoisotopic (exact) mass is 241 g/mol. The topological polar surface area (TPSA) is 57.8 Å². The van der Waals surface area contributed by atoms with Crippen LogP contribution in [-0.4, -0.2) is 15.9 Å². The predicted octanol–water partition coefficient (Wildman–Crippen LogP) is 2.86. The van der Waals surface area contributed by atoms with E-state index in [1.165, 1.54) is 0 Å². The van der Waals surface area contributed by atoms with Gasteiger partial charge in [0, 0.05) is 6.42 Å². The summed E-state index contributed by atoms with van der Waals surface area (Å²) < 4.78 is 0. The molecule has 0 fully saturated rings. The molecule has 0 bridgehead atoms. The number of nitrogens with zero attached hydrogens (tertiary/aromatic N) is 1. The number of nitrogens with one attached hydrogen (secondary N) is 2. The highest BCUT2D eigenvalue weighted by Crippen LogP contribution is 2.21. The fraction of sp³-hybridized carbons (Fsp3) is 0.286. The number of aromatic nitrogens is 2. The van der Waals surface area contributed by atoms with Gasteiger partial charge in [0.25, 0.3) is 0 Å². The largest absolute Gasteiger partial charge is 0.324 e. The number of imidazole rings is 1. The van der Waals surface area contributed by atoms with Crippen molar-refractivity contribution in [2.75, 3.05) is 5.32 Å². The van der Waals surface area contributed by atoms with Gasteiger partial charge in [0.15, 0.2) is 0 Å². The highest BCUT2D eigenvalue weighted by atomic mass is 16.1. The van der Waals surface area contributed by atoms with Crippen LogP contribution in [-0.2, 0) is 4.79 Å². The van der Waals surface area contributed by atoms with Crippen LogP contribution in [0.2, 0.25) is 0 Å². The Bertz CT molecular complexity index is 567. The van der Waals surface area contributed by atoms with Gasteiger partial charge in [-0.2, -0.15) is 0 Å². The van der Waals surface area contributed by atoms with Gasteiger partial charge in [-0.05, 0) is 30.9 Å². The summed E-state index contributed by atoms with van der Waals surface area (Å²) in [7, 11) is 0. The number of anilines is 1. The SMILES string of the molecule is O=C(C[C@@H]1C=CCC1)Nc1nc2ccccc2[nH]1. The normalized spacial score (nSPS) is 18.3. The minimum Gasteiger partial charge on any atom is -0.324 e. The van der Waals surface area contributed by atoms with Crippen LogP contribution < -0.4 is 5.32 Å². The maximum atomic E-state index is 11.8. The highest BCUT2D eigenvalue weighted by molar-refractivity contribution is 5.91. The molecule has 1 heterocycles. The van der Waals surface area contributed by atoms with Gasteiger partial charge in [0.1, 0.15) is 0 Å². The lowest BCUT2D eigenvalue weighted by atomic mass is 10.1. The molecule has 4 nitrogen and oxygen atoms in total. The summed E-state index contributed by atoms with van der Waals surface area (Å²) in [6.07, 6.45) is 6.96. The maximum absolute atomic E-state index is 11.8. The van der Waals surface area contributed by atoms with E-state index in [9.17, 15) is 4.79 Å². The van der Waals surface area contributed by atoms with E-state index >= 15 is 0 Å². The third-order valence-electron chi connectivity index (χ3n) is 3.21. The fourth-order valence-corrected chi connectivity index (χ4v) is 2.30. The molecule has 0 aliphatic heterocycles. The average molecular weight is 241 g/mol. The van der Waals surface area contributed by atoms with Crippen LogP contribution in [0.1, 0.15) is 19.3 Å². The summed E-state index contributed by atoms with van der Waals surface area (Å²) in [5.74, 6) is 0.933. The van der Waals surface area contributed by atoms with Gasteiger partial charge in [0.2, 0.25) is 11.9 Å². The van der Waals surface area contributed by atoms with Crippen molar-refractivity contribution < 1.29 is 4.79 Å². The number of para-hydroxylation sites is 2. The van der Waals surface area contributed by atoms with Crippen molar-refractivity contribution in [3.63, 3.8) is 0 Å². The van der Waals surface area contributed by atoms with Gasteiger partial charge in [0.05, 0.1) is 11.0 Å². The number of carbonyl (C=O) groups excluding carboxylic acids is 1. The summed E-state index contributed by atoms with van der Waals surface area (Å²) >= 11 is 0. The van der Waals surface area contributed by atoms with Crippen molar-refractivity contribution in [1.29, 1.82) is 0 Å². The summed E-state index contributed by atoms with van der Waals surface area (Å²) in [5, 5.41) is 2.82. The summed E-state index contributed by atoms with van der Waals surface area (Å²) in [6.45, 7) is 0. The number of amides is 1. The van der Waals surface area contributed by atoms with E-state index in [1.54, 1.807) is 0 Å². The van der Waals surface area contributed by atoms with Crippen LogP contribution in [0.15, 0.2) is 36.4 Å². The zero-order chi connectivity index (χ0) is 12.4. The molecule has 0 unspecified atom stereocenters. The van der Waals surface area contributed by atoms with Crippen molar-refractivity contribution in [1.82, 2.24) is 9.97 Å². The standard InChI is InChI=1S/C14H15N3O/c18-13(9-10-5-1-2-6-10)17-14-15-11-7-3-4-8-12(11)16-14/h1,3-5,7-8,10H,2,6,9H2,(H2,15,16,17,18)/t10-/m1/s1. The molecule has 1 aliphatic carbocycles. The lowest BCUT2D eigenvalue weighted by molar-refractivity contribution is -0.116. The average Bonchev–Trinajstić information content (AvgIpc) is 2.96. The third kappa shape index (κ3) is 2.27. The smallest absolute Gasteiger partial charge is 0.227 e. The molecule has 2 aromatic rings. The van der Waals surface area contributed by atoms with Crippen molar-refractivity contribution in [3.8, 4) is 0 Å². The Hall–Kier alpha value is -2.10. The number of benzene rings is 1. The highest BCUT2D eigenvalue weighted by Gasteiger charge is 2.14. The summed E-state index contributed by atoms with van der Waals surface area (Å²) in [4.78, 5) is 19.3. The Morgan fingerprint density at radius 1 is 1.44 bits per heavy atom. The van der Waals surface area contributed by atoms with Crippen LogP contribution in [0.5, 0.6) is 0 Å². The van der Waals surface area contributed by atoms with E-state index in [4.69, 9.17) is 0 Å². The Morgan fingerprint density at radius 3 is 3.11 bits per heavy atom. The van der Waals surface area contributed by atoms with E-state index in [-0.39, 0.29) is 5.91 Å². The first-order valence-electron chi connectivity index (χ1n) is 6.22. The molecule has 0 saturated heterocycles. The van der Waals surface area contributed by atoms with Crippen LogP contribution in [0, 0.1) is 5.92 Å². The molecule has 1 aliphatic rings. The van der Waals surface area contributed by atoms with E-state index in [0.29, 0.717) is 18.3 Å². The van der Waals surface area contributed by atoms with Crippen molar-refractivity contribution >= 4 is 22.9 Å². The fourth-order valence-electron chi connectivity index (χ4n) is 2.30. The van der Waals surface area contributed by atoms with Crippen LogP contribution in [0.3, 0.4) is 0 Å². The number of carbonyl (C=O) groups is 1. The quantitative estimate of drug-likeness (QED) is 0.812. The summed E-state index contributed by atoms with van der Waals surface area (Å²) in [6, 6.07) is 7.73. The first-order valence-corrected chi connectivity index (χ1v) is 6.22. The van der Waals surface area contributed by atoms with E-state index in [0.717, 1.165) is 23.9 Å². The maximum Gasteiger partial charge on any atom is 0.227 e. The minimum absolute atomic E-state index is 0.0191. The second-order valence-electron chi connectivity index (χ2n) is 4.62. The Kier molecular flexibility index (Phi) is 2.84. The van der Waals surface area contributed by atoms with E-state index in [2.05, 4.69) is 27.4 Å². The number of hydrogen-bond donors (Lipinski definition) is 2. The third-order valence-corrected chi connectivity index (χ3v) is 3.21. The molecule has 18 heavy (non-hydrogen) atoms. The predicted molar refractivity (Wildman–Crippen MR) is 71.2 cm³/mol. The molecule has 4 heteroatoms. The molecule has 0 saturated carbocycles. The number of fused-ring (bicyclic) bond motifs is 1. The molecule has 1 aromatic carbocycles. The lowest BCUT2D eigenvalue weighted by Crippen LogP contribution is -2.15. The first-order chi connectivity index (χ1) is 8.81. The molecule has 1 atom stereocenters. The van der Waals surface area contributed by atoms with Crippen LogP contribution in [0.4, 0.5) is 5.95 Å². The molecule has 0 radical (unpaired) electrons. The van der Waals surface area contributed by atoms with Crippen molar-refractivity contribution in [2.24, 2.45) is 5.92 Å². The Morgan fingerprint density at radius 2 is 2.33 bits per heavy atom. The number of aromatic amines is 1. The van der Waals surface area contributed by atoms with Crippen molar-refractivity contribution in [3.05, 3.63) is 36.4 Å². The number of H-pyrrole nitrogens is 1. The molecule has 1 amide bonds. The lowest BCUT2D eigenvalue weighted by Gasteiger charge is -2.06. The van der Waals surface area contributed by atoms with Crippen LogP contribution >= 0.6 is 0 Å². The van der Waals surface area contributed by atoms with Gasteiger partial charge in [-0.25, -0.2) is 4.98 Å².